The number of halogens is 2. The van der Waals surface area contributed by atoms with E-state index in [1.807, 2.05) is 6.07 Å². The first-order valence-electron chi connectivity index (χ1n) is 3.34. The van der Waals surface area contributed by atoms with Gasteiger partial charge in [0.15, 0.2) is 0 Å². The van der Waals surface area contributed by atoms with Crippen LogP contribution in [-0.2, 0) is 5.11 Å². The minimum Gasteiger partial charge on any atom is -0.488 e. The van der Waals surface area contributed by atoms with Gasteiger partial charge in [-0.3, -0.25) is 0 Å². The molecule has 0 aliphatic heterocycles. The van der Waals surface area contributed by atoms with Gasteiger partial charge < -0.3 is 4.74 Å². The van der Waals surface area contributed by atoms with Crippen molar-refractivity contribution in [1.29, 1.82) is 0 Å². The summed E-state index contributed by atoms with van der Waals surface area (Å²) in [6.45, 7) is -0.264. The fraction of sp³-hybridized carbons (Fsp3) is 0.250. The van der Waals surface area contributed by atoms with Crippen LogP contribution in [0, 0.1) is 0 Å². The highest BCUT2D eigenvalue weighted by Crippen LogP contribution is 2.19. The molecule has 0 aliphatic carbocycles. The summed E-state index contributed by atoms with van der Waals surface area (Å²) in [5.41, 5.74) is 0. The van der Waals surface area contributed by atoms with E-state index in [-0.39, 0.29) is 6.61 Å². The standard InChI is InChI=1S/C8H7Cl2O2/c9-8(10,11)6-12-7-4-2-1-3-5-7/h1-5H,6H2. The number of hydrogen-bond acceptors (Lipinski definition) is 1. The Morgan fingerprint density at radius 1 is 1.25 bits per heavy atom. The molecule has 0 saturated carbocycles. The average Bonchev–Trinajstić information content (AvgIpc) is 2.02. The molecule has 0 heterocycles. The van der Waals surface area contributed by atoms with Crippen LogP contribution in [0.2, 0.25) is 0 Å². The van der Waals surface area contributed by atoms with E-state index >= 15 is 0 Å². The molecule has 0 bridgehead atoms. The maximum Gasteiger partial charge on any atom is 0.283 e. The molecule has 0 N–H and O–H groups in total. The lowest BCUT2D eigenvalue weighted by molar-refractivity contribution is 0.0716. The van der Waals surface area contributed by atoms with Gasteiger partial charge in [-0.05, 0) is 12.1 Å². The number of ether oxygens (including phenoxy) is 1. The topological polar surface area (TPSA) is 29.1 Å². The molecule has 1 aromatic rings. The molecule has 0 unspecified atom stereocenters. The lowest BCUT2D eigenvalue weighted by Gasteiger charge is -2.10. The number of alkyl halides is 2. The minimum absolute atomic E-state index is 0.264. The number of rotatable bonds is 3. The van der Waals surface area contributed by atoms with Gasteiger partial charge in [-0.2, -0.15) is 5.11 Å². The Labute approximate surface area is 80.7 Å². The average molecular weight is 206 g/mol. The lowest BCUT2D eigenvalue weighted by atomic mass is 10.3. The van der Waals surface area contributed by atoms with Crippen LogP contribution >= 0.6 is 23.2 Å². The van der Waals surface area contributed by atoms with Gasteiger partial charge in [0, 0.05) is 0 Å². The van der Waals surface area contributed by atoms with Crippen molar-refractivity contribution >= 4 is 23.2 Å². The van der Waals surface area contributed by atoms with Crippen molar-refractivity contribution in [2.75, 3.05) is 6.61 Å². The summed E-state index contributed by atoms with van der Waals surface area (Å²) in [5, 5.41) is 10.7. The quantitative estimate of drug-likeness (QED) is 0.698. The van der Waals surface area contributed by atoms with Crippen LogP contribution in [0.4, 0.5) is 0 Å². The number of para-hydroxylation sites is 1. The predicted molar refractivity (Wildman–Crippen MR) is 47.1 cm³/mol. The Bertz CT molecular complexity index is 231. The summed E-state index contributed by atoms with van der Waals surface area (Å²) in [6, 6.07) is 8.88. The lowest BCUT2D eigenvalue weighted by Crippen LogP contribution is -2.20. The molecule has 0 amide bonds. The van der Waals surface area contributed by atoms with Crippen molar-refractivity contribution in [2.45, 2.75) is 4.52 Å². The zero-order valence-corrected chi connectivity index (χ0v) is 7.68. The van der Waals surface area contributed by atoms with Crippen LogP contribution < -0.4 is 4.74 Å². The molecule has 0 fully saturated rings. The third-order valence-corrected chi connectivity index (χ3v) is 1.37. The first-order chi connectivity index (χ1) is 5.58. The van der Waals surface area contributed by atoms with E-state index in [2.05, 4.69) is 0 Å². The molecule has 4 heteroatoms. The third-order valence-electron chi connectivity index (χ3n) is 1.15. The molecular weight excluding hydrogens is 199 g/mol. The summed E-state index contributed by atoms with van der Waals surface area (Å²) in [4.78, 5) is 0. The van der Waals surface area contributed by atoms with E-state index in [1.165, 1.54) is 0 Å². The first-order valence-corrected chi connectivity index (χ1v) is 4.10. The molecule has 65 valence electrons. The summed E-state index contributed by atoms with van der Waals surface area (Å²) in [5.74, 6) is 0.582. The minimum atomic E-state index is -2.07. The van der Waals surface area contributed by atoms with Gasteiger partial charge >= 0.3 is 0 Å². The Morgan fingerprint density at radius 3 is 2.33 bits per heavy atom. The SMILES string of the molecule is [O]C(Cl)(Cl)COc1ccccc1. The molecule has 1 aromatic carbocycles. The molecular formula is C8H7Cl2O2. The fourth-order valence-electron chi connectivity index (χ4n) is 0.684. The van der Waals surface area contributed by atoms with Crippen LogP contribution in [0.15, 0.2) is 30.3 Å². The van der Waals surface area contributed by atoms with E-state index in [9.17, 15) is 5.11 Å². The van der Waals surface area contributed by atoms with Crippen LogP contribution in [0.3, 0.4) is 0 Å². The number of hydrogen-bond donors (Lipinski definition) is 0. The van der Waals surface area contributed by atoms with E-state index in [1.54, 1.807) is 24.3 Å². The van der Waals surface area contributed by atoms with Crippen molar-refractivity contribution in [3.8, 4) is 5.75 Å². The molecule has 0 aliphatic rings. The van der Waals surface area contributed by atoms with Crippen molar-refractivity contribution in [1.82, 2.24) is 0 Å². The zero-order valence-electron chi connectivity index (χ0n) is 6.17. The monoisotopic (exact) mass is 205 g/mol. The largest absolute Gasteiger partial charge is 0.488 e. The highest BCUT2D eigenvalue weighted by Gasteiger charge is 2.22. The molecule has 12 heavy (non-hydrogen) atoms. The third kappa shape index (κ3) is 3.81. The Balaban J connectivity index is 2.44. The fourth-order valence-corrected chi connectivity index (χ4v) is 0.793. The van der Waals surface area contributed by atoms with E-state index in [0.717, 1.165) is 0 Å². The summed E-state index contributed by atoms with van der Waals surface area (Å²) >= 11 is 10.3. The van der Waals surface area contributed by atoms with E-state index < -0.39 is 4.52 Å². The zero-order chi connectivity index (χ0) is 9.03. The van der Waals surface area contributed by atoms with E-state index in [0.29, 0.717) is 5.75 Å². The maximum atomic E-state index is 10.7. The molecule has 0 aromatic heterocycles. The highest BCUT2D eigenvalue weighted by atomic mass is 35.5. The Hall–Kier alpha value is -0.440. The summed E-state index contributed by atoms with van der Waals surface area (Å²) in [7, 11) is 0. The number of benzene rings is 1. The van der Waals surface area contributed by atoms with Gasteiger partial charge in [0.1, 0.15) is 12.4 Å². The molecule has 1 radical (unpaired) electrons. The molecule has 0 spiro atoms. The van der Waals surface area contributed by atoms with Crippen molar-refractivity contribution in [3.05, 3.63) is 30.3 Å². The highest BCUT2D eigenvalue weighted by molar-refractivity contribution is 6.47. The smallest absolute Gasteiger partial charge is 0.283 e. The van der Waals surface area contributed by atoms with Crippen LogP contribution in [0.25, 0.3) is 0 Å². The van der Waals surface area contributed by atoms with Gasteiger partial charge in [-0.25, -0.2) is 0 Å². The summed E-state index contributed by atoms with van der Waals surface area (Å²) in [6.07, 6.45) is 0. The second kappa shape index (κ2) is 3.99. The van der Waals surface area contributed by atoms with Gasteiger partial charge in [-0.15, -0.1) is 0 Å². The normalized spacial score (nSPS) is 11.2. The second-order valence-electron chi connectivity index (χ2n) is 2.24. The van der Waals surface area contributed by atoms with Crippen LogP contribution in [0.1, 0.15) is 0 Å². The first kappa shape index (κ1) is 9.65. The van der Waals surface area contributed by atoms with E-state index in [4.69, 9.17) is 27.9 Å². The second-order valence-corrected chi connectivity index (χ2v) is 3.65. The molecule has 0 saturated heterocycles. The Kier molecular flexibility index (Phi) is 3.20. The maximum absolute atomic E-state index is 10.7. The van der Waals surface area contributed by atoms with Crippen molar-refractivity contribution in [2.24, 2.45) is 0 Å². The molecule has 2 nitrogen and oxygen atoms in total. The van der Waals surface area contributed by atoms with Gasteiger partial charge in [0.2, 0.25) is 0 Å². The van der Waals surface area contributed by atoms with Gasteiger partial charge in [0.05, 0.1) is 0 Å². The van der Waals surface area contributed by atoms with Crippen molar-refractivity contribution < 1.29 is 9.84 Å². The summed E-state index contributed by atoms with van der Waals surface area (Å²) < 4.78 is 2.92. The van der Waals surface area contributed by atoms with Crippen molar-refractivity contribution in [3.63, 3.8) is 0 Å². The predicted octanol–water partition coefficient (Wildman–Crippen LogP) is 2.63. The van der Waals surface area contributed by atoms with Gasteiger partial charge in [0.25, 0.3) is 4.52 Å². The molecule has 0 atom stereocenters. The van der Waals surface area contributed by atoms with Crippen LogP contribution in [0.5, 0.6) is 5.75 Å². The van der Waals surface area contributed by atoms with Crippen LogP contribution in [-0.4, -0.2) is 11.1 Å². The Morgan fingerprint density at radius 2 is 1.83 bits per heavy atom. The molecule has 1 rings (SSSR count). The van der Waals surface area contributed by atoms with Gasteiger partial charge in [-0.1, -0.05) is 41.4 Å².